The number of aliphatic imine (C=N–C) groups is 1. The van der Waals surface area contributed by atoms with E-state index in [1.165, 1.54) is 12.8 Å². The standard InChI is InChI=1S/C19H35N7.HI/c1-4-17(5-2)16-24-18(20-3)21-10-7-11-25-12-14-26(15-13-25)19-22-8-6-9-23-19;/h6,8-9,17H,4-5,7,10-16H2,1-3H3,(H2,20,21,24);1H. The summed E-state index contributed by atoms with van der Waals surface area (Å²) < 4.78 is 0. The van der Waals surface area contributed by atoms with Crippen molar-refractivity contribution in [1.82, 2.24) is 25.5 Å². The fraction of sp³-hybridized carbons (Fsp3) is 0.737. The Morgan fingerprint density at radius 3 is 2.37 bits per heavy atom. The summed E-state index contributed by atoms with van der Waals surface area (Å²) in [4.78, 5) is 17.8. The predicted octanol–water partition coefficient (Wildman–Crippen LogP) is 2.21. The summed E-state index contributed by atoms with van der Waals surface area (Å²) in [7, 11) is 1.84. The van der Waals surface area contributed by atoms with Gasteiger partial charge in [-0.1, -0.05) is 26.7 Å². The molecule has 0 bridgehead atoms. The lowest BCUT2D eigenvalue weighted by atomic mass is 10.0. The Kier molecular flexibility index (Phi) is 12.3. The first-order valence-corrected chi connectivity index (χ1v) is 9.95. The number of guanidine groups is 1. The van der Waals surface area contributed by atoms with Gasteiger partial charge in [0.25, 0.3) is 0 Å². The van der Waals surface area contributed by atoms with Crippen molar-refractivity contribution in [2.75, 3.05) is 57.8 Å². The second kappa shape index (κ2) is 13.9. The molecule has 2 rings (SSSR count). The van der Waals surface area contributed by atoms with Crippen molar-refractivity contribution < 1.29 is 0 Å². The molecule has 0 spiro atoms. The van der Waals surface area contributed by atoms with Crippen molar-refractivity contribution in [3.05, 3.63) is 18.5 Å². The maximum absolute atomic E-state index is 4.34. The molecule has 0 unspecified atom stereocenters. The quantitative estimate of drug-likeness (QED) is 0.240. The highest BCUT2D eigenvalue weighted by Crippen LogP contribution is 2.09. The molecule has 1 fully saturated rings. The zero-order valence-corrected chi connectivity index (χ0v) is 19.4. The third kappa shape index (κ3) is 8.59. The third-order valence-electron chi connectivity index (χ3n) is 5.09. The van der Waals surface area contributed by atoms with Gasteiger partial charge in [-0.25, -0.2) is 9.97 Å². The molecule has 8 heteroatoms. The number of halogens is 1. The Hall–Kier alpha value is -1.16. The first-order chi connectivity index (χ1) is 12.8. The van der Waals surface area contributed by atoms with Crippen molar-refractivity contribution in [2.24, 2.45) is 10.9 Å². The SMILES string of the molecule is CCC(CC)CNC(=NC)NCCCN1CCN(c2ncccn2)CC1.I. The molecule has 2 N–H and O–H groups in total. The molecule has 1 aromatic rings. The molecule has 1 aromatic heterocycles. The summed E-state index contributed by atoms with van der Waals surface area (Å²) in [6.07, 6.45) is 7.16. The van der Waals surface area contributed by atoms with Crippen LogP contribution in [0.15, 0.2) is 23.5 Å². The number of rotatable bonds is 9. The molecular weight excluding hydrogens is 453 g/mol. The average Bonchev–Trinajstić information content (AvgIpc) is 2.71. The zero-order chi connectivity index (χ0) is 18.6. The van der Waals surface area contributed by atoms with Gasteiger partial charge in [0, 0.05) is 58.7 Å². The summed E-state index contributed by atoms with van der Waals surface area (Å²) in [5, 5.41) is 6.87. The smallest absolute Gasteiger partial charge is 0.225 e. The number of hydrogen-bond acceptors (Lipinski definition) is 5. The highest BCUT2D eigenvalue weighted by atomic mass is 127. The largest absolute Gasteiger partial charge is 0.356 e. The number of aromatic nitrogens is 2. The maximum atomic E-state index is 4.34. The minimum atomic E-state index is 0. The van der Waals surface area contributed by atoms with Crippen LogP contribution in [0.4, 0.5) is 5.95 Å². The monoisotopic (exact) mass is 489 g/mol. The van der Waals surface area contributed by atoms with Gasteiger partial charge >= 0.3 is 0 Å². The lowest BCUT2D eigenvalue weighted by molar-refractivity contribution is 0.254. The fourth-order valence-corrected chi connectivity index (χ4v) is 3.17. The van der Waals surface area contributed by atoms with Crippen LogP contribution >= 0.6 is 24.0 Å². The second-order valence-electron chi connectivity index (χ2n) is 6.79. The molecule has 0 aliphatic carbocycles. The van der Waals surface area contributed by atoms with E-state index < -0.39 is 0 Å². The lowest BCUT2D eigenvalue weighted by Gasteiger charge is -2.34. The Labute approximate surface area is 181 Å². The highest BCUT2D eigenvalue weighted by molar-refractivity contribution is 14.0. The van der Waals surface area contributed by atoms with Gasteiger partial charge < -0.3 is 15.5 Å². The van der Waals surface area contributed by atoms with Gasteiger partial charge in [-0.3, -0.25) is 9.89 Å². The van der Waals surface area contributed by atoms with Crippen LogP contribution in [0.2, 0.25) is 0 Å². The lowest BCUT2D eigenvalue weighted by Crippen LogP contribution is -2.47. The van der Waals surface area contributed by atoms with E-state index in [-0.39, 0.29) is 24.0 Å². The molecule has 2 heterocycles. The first-order valence-electron chi connectivity index (χ1n) is 9.95. The fourth-order valence-electron chi connectivity index (χ4n) is 3.17. The first kappa shape index (κ1) is 23.9. The molecule has 27 heavy (non-hydrogen) atoms. The molecule has 1 saturated heterocycles. The summed E-state index contributed by atoms with van der Waals surface area (Å²) in [5.74, 6) is 2.49. The van der Waals surface area contributed by atoms with E-state index in [0.717, 1.165) is 70.1 Å². The van der Waals surface area contributed by atoms with Crippen LogP contribution in [-0.4, -0.2) is 73.7 Å². The zero-order valence-electron chi connectivity index (χ0n) is 17.0. The highest BCUT2D eigenvalue weighted by Gasteiger charge is 2.18. The maximum Gasteiger partial charge on any atom is 0.225 e. The van der Waals surface area contributed by atoms with Crippen molar-refractivity contribution in [1.29, 1.82) is 0 Å². The molecule has 1 aliphatic heterocycles. The van der Waals surface area contributed by atoms with Gasteiger partial charge in [0.05, 0.1) is 0 Å². The van der Waals surface area contributed by atoms with E-state index in [9.17, 15) is 0 Å². The van der Waals surface area contributed by atoms with Crippen LogP contribution in [0, 0.1) is 5.92 Å². The van der Waals surface area contributed by atoms with E-state index in [4.69, 9.17) is 0 Å². The third-order valence-corrected chi connectivity index (χ3v) is 5.09. The average molecular weight is 489 g/mol. The Bertz CT molecular complexity index is 514. The number of nitrogens with zero attached hydrogens (tertiary/aromatic N) is 5. The van der Waals surface area contributed by atoms with Gasteiger partial charge in [-0.2, -0.15) is 0 Å². The van der Waals surface area contributed by atoms with Gasteiger partial charge in [0.1, 0.15) is 0 Å². The van der Waals surface area contributed by atoms with Crippen LogP contribution in [0.25, 0.3) is 0 Å². The van der Waals surface area contributed by atoms with Crippen molar-refractivity contribution in [3.8, 4) is 0 Å². The topological polar surface area (TPSA) is 68.7 Å². The molecule has 0 amide bonds. The molecule has 7 nitrogen and oxygen atoms in total. The normalized spacial score (nSPS) is 15.6. The minimum absolute atomic E-state index is 0. The van der Waals surface area contributed by atoms with Crippen LogP contribution in [0.3, 0.4) is 0 Å². The molecular formula is C19H36IN7. The van der Waals surface area contributed by atoms with Crippen LogP contribution in [0.5, 0.6) is 0 Å². The summed E-state index contributed by atoms with van der Waals surface area (Å²) in [6.45, 7) is 11.7. The number of hydrogen-bond donors (Lipinski definition) is 2. The minimum Gasteiger partial charge on any atom is -0.356 e. The van der Waals surface area contributed by atoms with Crippen molar-refractivity contribution in [2.45, 2.75) is 33.1 Å². The second-order valence-corrected chi connectivity index (χ2v) is 6.79. The number of nitrogens with one attached hydrogen (secondary N) is 2. The molecule has 154 valence electrons. The summed E-state index contributed by atoms with van der Waals surface area (Å²) in [5.41, 5.74) is 0. The van der Waals surface area contributed by atoms with Crippen LogP contribution < -0.4 is 15.5 Å². The molecule has 0 radical (unpaired) electrons. The predicted molar refractivity (Wildman–Crippen MR) is 124 cm³/mol. The van der Waals surface area contributed by atoms with E-state index in [0.29, 0.717) is 0 Å². The number of anilines is 1. The van der Waals surface area contributed by atoms with E-state index in [2.05, 4.69) is 49.2 Å². The van der Waals surface area contributed by atoms with E-state index in [1.807, 2.05) is 25.5 Å². The molecule has 0 aromatic carbocycles. The summed E-state index contributed by atoms with van der Waals surface area (Å²) >= 11 is 0. The Morgan fingerprint density at radius 2 is 1.78 bits per heavy atom. The van der Waals surface area contributed by atoms with Crippen LogP contribution in [0.1, 0.15) is 33.1 Å². The molecule has 0 atom stereocenters. The number of piperazine rings is 1. The van der Waals surface area contributed by atoms with Gasteiger partial charge in [0.15, 0.2) is 5.96 Å². The van der Waals surface area contributed by atoms with Gasteiger partial charge in [0.2, 0.25) is 5.95 Å². The van der Waals surface area contributed by atoms with Crippen LogP contribution in [-0.2, 0) is 0 Å². The Morgan fingerprint density at radius 1 is 1.11 bits per heavy atom. The van der Waals surface area contributed by atoms with Gasteiger partial charge in [-0.15, -0.1) is 24.0 Å². The molecule has 0 saturated carbocycles. The summed E-state index contributed by atoms with van der Waals surface area (Å²) in [6, 6.07) is 1.86. The van der Waals surface area contributed by atoms with E-state index in [1.54, 1.807) is 0 Å². The molecule has 1 aliphatic rings. The Balaban J connectivity index is 0.00000364. The van der Waals surface area contributed by atoms with Crippen molar-refractivity contribution >= 4 is 35.9 Å². The van der Waals surface area contributed by atoms with Crippen molar-refractivity contribution in [3.63, 3.8) is 0 Å². The van der Waals surface area contributed by atoms with E-state index >= 15 is 0 Å². The van der Waals surface area contributed by atoms with Gasteiger partial charge in [-0.05, 0) is 24.9 Å².